The number of nitrogens with zero attached hydrogens (tertiary/aromatic N) is 3. The Balaban J connectivity index is 1.79. The van der Waals surface area contributed by atoms with Crippen molar-refractivity contribution in [2.45, 2.75) is 19.4 Å². The third-order valence-corrected chi connectivity index (χ3v) is 5.06. The van der Waals surface area contributed by atoms with Crippen molar-refractivity contribution in [1.29, 1.82) is 0 Å². The highest BCUT2D eigenvalue weighted by Gasteiger charge is 2.23. The highest BCUT2D eigenvalue weighted by atomic mass is 16.5. The van der Waals surface area contributed by atoms with Gasteiger partial charge in [-0.25, -0.2) is 4.98 Å². The lowest BCUT2D eigenvalue weighted by atomic mass is 10.0. The third-order valence-electron chi connectivity index (χ3n) is 5.06. The molecule has 1 aromatic carbocycles. The van der Waals surface area contributed by atoms with Gasteiger partial charge >= 0.3 is 0 Å². The van der Waals surface area contributed by atoms with E-state index in [4.69, 9.17) is 4.74 Å². The first-order valence-corrected chi connectivity index (χ1v) is 9.33. The van der Waals surface area contributed by atoms with Crippen LogP contribution < -0.4 is 10.3 Å². The van der Waals surface area contributed by atoms with Gasteiger partial charge in [0.25, 0.3) is 5.56 Å². The summed E-state index contributed by atoms with van der Waals surface area (Å²) in [6, 6.07) is 11.2. The molecule has 1 fully saturated rings. The molecular formula is C21H22N4O3. The normalized spacial score (nSPS) is 13.9. The van der Waals surface area contributed by atoms with Crippen LogP contribution in [0.5, 0.6) is 5.75 Å². The number of ether oxygens (including phenoxy) is 1. The van der Waals surface area contributed by atoms with Crippen LogP contribution in [-0.4, -0.2) is 45.5 Å². The molecule has 0 saturated carbocycles. The standard InChI is InChI=1S/C21H22N4O3/c1-28-17-8-3-2-6-15(17)19-20(16-7-4-10-22-21(16)27)25(14-23-19)13-12-24-11-5-9-18(24)26/h2-4,6-8,10,14H,5,9,11-13H2,1H3,(H,22,27). The summed E-state index contributed by atoms with van der Waals surface area (Å²) < 4.78 is 7.44. The number of nitrogens with one attached hydrogen (secondary N) is 1. The van der Waals surface area contributed by atoms with E-state index < -0.39 is 0 Å². The minimum atomic E-state index is -0.183. The fourth-order valence-electron chi connectivity index (χ4n) is 3.65. The molecule has 1 saturated heterocycles. The molecule has 7 heteroatoms. The number of benzene rings is 1. The van der Waals surface area contributed by atoms with Crippen LogP contribution in [0.3, 0.4) is 0 Å². The van der Waals surface area contributed by atoms with Crippen molar-refractivity contribution < 1.29 is 9.53 Å². The maximum atomic E-state index is 12.5. The Morgan fingerprint density at radius 3 is 2.68 bits per heavy atom. The molecule has 1 N–H and O–H groups in total. The van der Waals surface area contributed by atoms with Crippen LogP contribution in [-0.2, 0) is 11.3 Å². The number of aromatic amines is 1. The van der Waals surface area contributed by atoms with Gasteiger partial charge in [0, 0.05) is 37.8 Å². The molecule has 2 aromatic heterocycles. The molecule has 0 spiro atoms. The van der Waals surface area contributed by atoms with E-state index in [1.165, 1.54) is 0 Å². The fourth-order valence-corrected chi connectivity index (χ4v) is 3.65. The number of likely N-dealkylation sites (tertiary alicyclic amines) is 1. The van der Waals surface area contributed by atoms with E-state index in [1.807, 2.05) is 33.7 Å². The SMILES string of the molecule is COc1ccccc1-c1ncn(CCN2CCCC2=O)c1-c1ccc[nH]c1=O. The number of pyridine rings is 1. The first kappa shape index (κ1) is 18.0. The van der Waals surface area contributed by atoms with Gasteiger partial charge in [0.15, 0.2) is 0 Å². The topological polar surface area (TPSA) is 80.2 Å². The van der Waals surface area contributed by atoms with Gasteiger partial charge in [-0.2, -0.15) is 0 Å². The van der Waals surface area contributed by atoms with Gasteiger partial charge in [-0.05, 0) is 30.7 Å². The molecule has 0 bridgehead atoms. The van der Waals surface area contributed by atoms with Crippen LogP contribution in [0.2, 0.25) is 0 Å². The van der Waals surface area contributed by atoms with E-state index in [1.54, 1.807) is 31.8 Å². The number of methoxy groups -OCH3 is 1. The molecule has 0 atom stereocenters. The Kier molecular flexibility index (Phi) is 4.97. The summed E-state index contributed by atoms with van der Waals surface area (Å²) in [6.07, 6.45) is 4.85. The molecule has 0 radical (unpaired) electrons. The second-order valence-corrected chi connectivity index (χ2v) is 6.73. The molecule has 7 nitrogen and oxygen atoms in total. The van der Waals surface area contributed by atoms with E-state index >= 15 is 0 Å². The minimum absolute atomic E-state index is 0.183. The Morgan fingerprint density at radius 1 is 1.11 bits per heavy atom. The summed E-state index contributed by atoms with van der Waals surface area (Å²) >= 11 is 0. The predicted octanol–water partition coefficient (Wildman–Crippen LogP) is 2.54. The summed E-state index contributed by atoms with van der Waals surface area (Å²) in [4.78, 5) is 33.7. The summed E-state index contributed by atoms with van der Waals surface area (Å²) in [5, 5.41) is 0. The summed E-state index contributed by atoms with van der Waals surface area (Å²) in [5.41, 5.74) is 2.57. The molecule has 4 rings (SSSR count). The number of carbonyl (C=O) groups excluding carboxylic acids is 1. The second-order valence-electron chi connectivity index (χ2n) is 6.73. The molecule has 28 heavy (non-hydrogen) atoms. The summed E-state index contributed by atoms with van der Waals surface area (Å²) in [7, 11) is 1.61. The number of para-hydroxylation sites is 1. The molecule has 3 aromatic rings. The molecule has 1 aliphatic rings. The highest BCUT2D eigenvalue weighted by molar-refractivity contribution is 5.81. The summed E-state index contributed by atoms with van der Waals surface area (Å²) in [5.74, 6) is 0.875. The van der Waals surface area contributed by atoms with E-state index in [2.05, 4.69) is 9.97 Å². The van der Waals surface area contributed by atoms with Gasteiger partial charge in [-0.3, -0.25) is 9.59 Å². The Bertz CT molecular complexity index is 1050. The van der Waals surface area contributed by atoms with Crippen LogP contribution in [0.4, 0.5) is 0 Å². The van der Waals surface area contributed by atoms with Crippen LogP contribution in [0.25, 0.3) is 22.5 Å². The lowest BCUT2D eigenvalue weighted by Crippen LogP contribution is -2.28. The van der Waals surface area contributed by atoms with Crippen LogP contribution >= 0.6 is 0 Å². The second kappa shape index (κ2) is 7.72. The number of hydrogen-bond donors (Lipinski definition) is 1. The quantitative estimate of drug-likeness (QED) is 0.715. The smallest absolute Gasteiger partial charge is 0.257 e. The monoisotopic (exact) mass is 378 g/mol. The molecule has 1 aliphatic heterocycles. The molecule has 3 heterocycles. The van der Waals surface area contributed by atoms with Crippen molar-refractivity contribution in [2.24, 2.45) is 0 Å². The minimum Gasteiger partial charge on any atom is -0.496 e. The van der Waals surface area contributed by atoms with Crippen LogP contribution in [0.15, 0.2) is 53.7 Å². The fraction of sp³-hybridized carbons (Fsp3) is 0.286. The first-order chi connectivity index (χ1) is 13.7. The first-order valence-electron chi connectivity index (χ1n) is 9.33. The van der Waals surface area contributed by atoms with Gasteiger partial charge in [-0.1, -0.05) is 12.1 Å². The average molecular weight is 378 g/mol. The van der Waals surface area contributed by atoms with E-state index in [0.717, 1.165) is 24.2 Å². The van der Waals surface area contributed by atoms with Gasteiger partial charge in [0.05, 0.1) is 24.7 Å². The lowest BCUT2D eigenvalue weighted by molar-refractivity contribution is -0.127. The highest BCUT2D eigenvalue weighted by Crippen LogP contribution is 2.35. The van der Waals surface area contributed by atoms with Gasteiger partial charge in [0.1, 0.15) is 11.4 Å². The van der Waals surface area contributed by atoms with Crippen molar-refractivity contribution in [1.82, 2.24) is 19.4 Å². The molecule has 144 valence electrons. The summed E-state index contributed by atoms with van der Waals surface area (Å²) in [6.45, 7) is 1.95. The van der Waals surface area contributed by atoms with Gasteiger partial charge in [0.2, 0.25) is 5.91 Å². The Morgan fingerprint density at radius 2 is 1.93 bits per heavy atom. The van der Waals surface area contributed by atoms with Crippen molar-refractivity contribution in [3.05, 3.63) is 59.3 Å². The van der Waals surface area contributed by atoms with Crippen molar-refractivity contribution in [2.75, 3.05) is 20.2 Å². The van der Waals surface area contributed by atoms with Crippen molar-refractivity contribution >= 4 is 5.91 Å². The van der Waals surface area contributed by atoms with Crippen molar-refractivity contribution in [3.63, 3.8) is 0 Å². The number of amides is 1. The van der Waals surface area contributed by atoms with E-state index in [0.29, 0.717) is 36.5 Å². The third kappa shape index (κ3) is 3.31. The predicted molar refractivity (Wildman–Crippen MR) is 106 cm³/mol. The molecule has 0 aliphatic carbocycles. The zero-order valence-electron chi connectivity index (χ0n) is 15.7. The number of H-pyrrole nitrogens is 1. The molecular weight excluding hydrogens is 356 g/mol. The van der Waals surface area contributed by atoms with E-state index in [-0.39, 0.29) is 11.5 Å². The van der Waals surface area contributed by atoms with Crippen LogP contribution in [0.1, 0.15) is 12.8 Å². The number of rotatable bonds is 6. The number of carbonyl (C=O) groups is 1. The van der Waals surface area contributed by atoms with Crippen LogP contribution in [0, 0.1) is 0 Å². The number of hydrogen-bond acceptors (Lipinski definition) is 4. The maximum absolute atomic E-state index is 12.5. The van der Waals surface area contributed by atoms with Gasteiger partial charge in [-0.15, -0.1) is 0 Å². The van der Waals surface area contributed by atoms with Gasteiger partial charge < -0.3 is 19.2 Å². The van der Waals surface area contributed by atoms with Crippen molar-refractivity contribution in [3.8, 4) is 28.3 Å². The zero-order valence-corrected chi connectivity index (χ0v) is 15.7. The number of imidazole rings is 1. The largest absolute Gasteiger partial charge is 0.496 e. The average Bonchev–Trinajstić information content (AvgIpc) is 3.32. The Hall–Kier alpha value is -3.35. The maximum Gasteiger partial charge on any atom is 0.257 e. The number of aromatic nitrogens is 3. The molecule has 0 unspecified atom stereocenters. The lowest BCUT2D eigenvalue weighted by Gasteiger charge is -2.17. The molecule has 1 amide bonds. The van der Waals surface area contributed by atoms with E-state index in [9.17, 15) is 9.59 Å². The Labute approximate surface area is 162 Å². The zero-order chi connectivity index (χ0) is 19.5.